The Bertz CT molecular complexity index is 4970. The Morgan fingerprint density at radius 2 is 0.345 bits per heavy atom. The molecule has 0 fully saturated rings. The van der Waals surface area contributed by atoms with E-state index in [2.05, 4.69) is 205 Å². The second-order valence-corrected chi connectivity index (χ2v) is 51.3. The summed E-state index contributed by atoms with van der Waals surface area (Å²) in [5, 5.41) is 0. The predicted molar refractivity (Wildman–Crippen MR) is 589 cm³/mol. The minimum Gasteiger partial charge on any atom is -0.311 e. The molecule has 0 saturated heterocycles. The molecule has 12 rings (SSSR count). The van der Waals surface area contributed by atoms with Gasteiger partial charge in [-0.1, -0.05) is 261 Å². The Morgan fingerprint density at radius 1 is 0.183 bits per heavy atom. The number of anilines is 3. The number of rotatable bonds is 72. The highest BCUT2D eigenvalue weighted by molar-refractivity contribution is 7.55. The maximum Gasteiger partial charge on any atom is 0.330 e. The van der Waals surface area contributed by atoms with E-state index in [1.54, 1.807) is 0 Å². The number of benzene rings is 9. The Labute approximate surface area is 852 Å². The lowest BCUT2D eigenvalue weighted by Gasteiger charge is -2.33. The van der Waals surface area contributed by atoms with Crippen LogP contribution in [0.3, 0.4) is 0 Å². The molecule has 0 aromatic heterocycles. The molecular formula is C117H165NO18P6. The summed E-state index contributed by atoms with van der Waals surface area (Å²) < 4.78 is 151. The highest BCUT2D eigenvalue weighted by atomic mass is 31.2. The van der Waals surface area contributed by atoms with Gasteiger partial charge in [-0.15, -0.1) is 0 Å². The molecule has 0 atom stereocenters. The second kappa shape index (κ2) is 56.3. The SMILES string of the molecule is CCOP(=O)(CCCCCCC1(CCCCCCP(=O)(OCC)OCC)c2ccccc2-c2ccc(-c3ccc(N(c4ccc(-c5ccc6c(c5)C(CCCCCCP(=O)(OCC)OCC)(CCCCCCP(=O)(OCC)OCC)c5ccccc5-6)cc4)c4ccc(-c5ccc6c(c5)C(CCCCCCP(=O)(OCC)OCC)(CCCCCCP(=O)(OCC)OCC)c5ccccc5-6)cc4)cc3)cc21)OCC. The molecule has 142 heavy (non-hydrogen) atoms. The number of fused-ring (bicyclic) bond motifs is 9. The fourth-order valence-corrected chi connectivity index (χ4v) is 33.0. The second-order valence-electron chi connectivity index (χ2n) is 38.1. The lowest BCUT2D eigenvalue weighted by molar-refractivity contribution is 0.218. The summed E-state index contributed by atoms with van der Waals surface area (Å²) in [7, 11) is -19.0. The first kappa shape index (κ1) is 114. The van der Waals surface area contributed by atoms with Gasteiger partial charge in [0, 0.05) is 33.3 Å². The molecule has 0 aliphatic heterocycles. The third-order valence-electron chi connectivity index (χ3n) is 28.8. The quantitative estimate of drug-likeness (QED) is 0.0256. The summed E-state index contributed by atoms with van der Waals surface area (Å²) in [6, 6.07) is 76.1. The molecule has 0 unspecified atom stereocenters. The van der Waals surface area contributed by atoms with Crippen molar-refractivity contribution in [3.05, 3.63) is 234 Å². The van der Waals surface area contributed by atoms with Crippen molar-refractivity contribution in [2.24, 2.45) is 0 Å². The van der Waals surface area contributed by atoms with Crippen LogP contribution in [-0.4, -0.2) is 116 Å². The number of hydrogen-bond donors (Lipinski definition) is 0. The highest BCUT2D eigenvalue weighted by Crippen LogP contribution is 2.62. The molecule has 9 aromatic rings. The first-order valence-corrected chi connectivity index (χ1v) is 64.5. The van der Waals surface area contributed by atoms with Crippen molar-refractivity contribution >= 4 is 62.6 Å². The lowest BCUT2D eigenvalue weighted by atomic mass is 9.70. The Kier molecular flexibility index (Phi) is 45.4. The highest BCUT2D eigenvalue weighted by Gasteiger charge is 2.47. The van der Waals surface area contributed by atoms with Crippen molar-refractivity contribution in [1.29, 1.82) is 0 Å². The number of unbranched alkanes of at least 4 members (excludes halogenated alkanes) is 18. The molecular weight excluding hydrogens is 1890 g/mol. The van der Waals surface area contributed by atoms with Gasteiger partial charge in [0.15, 0.2) is 0 Å². The van der Waals surface area contributed by atoms with Crippen LogP contribution in [0.1, 0.15) is 309 Å². The van der Waals surface area contributed by atoms with Crippen LogP contribution in [0.5, 0.6) is 0 Å². The third-order valence-corrected chi connectivity index (χ3v) is 41.8. The van der Waals surface area contributed by atoms with Gasteiger partial charge < -0.3 is 59.2 Å². The van der Waals surface area contributed by atoms with E-state index in [0.717, 1.165) is 243 Å². The monoisotopic (exact) mass is 2060 g/mol. The van der Waals surface area contributed by atoms with Crippen LogP contribution < -0.4 is 4.90 Å². The molecule has 0 N–H and O–H groups in total. The largest absolute Gasteiger partial charge is 0.330 e. The smallest absolute Gasteiger partial charge is 0.311 e. The number of nitrogens with zero attached hydrogens (tertiary/aromatic N) is 1. The van der Waals surface area contributed by atoms with Gasteiger partial charge in [-0.3, -0.25) is 27.4 Å². The van der Waals surface area contributed by atoms with Crippen LogP contribution in [0, 0.1) is 0 Å². The van der Waals surface area contributed by atoms with Gasteiger partial charge in [-0.2, -0.15) is 0 Å². The van der Waals surface area contributed by atoms with Crippen LogP contribution >= 0.6 is 45.6 Å². The Balaban J connectivity index is 0.904. The number of hydrogen-bond acceptors (Lipinski definition) is 19. The zero-order valence-corrected chi connectivity index (χ0v) is 92.8. The lowest BCUT2D eigenvalue weighted by Crippen LogP contribution is -2.25. The van der Waals surface area contributed by atoms with Gasteiger partial charge in [0.25, 0.3) is 0 Å². The van der Waals surface area contributed by atoms with E-state index in [1.807, 2.05) is 83.1 Å². The van der Waals surface area contributed by atoms with Crippen molar-refractivity contribution in [1.82, 2.24) is 0 Å². The normalized spacial score (nSPS) is 14.1. The van der Waals surface area contributed by atoms with Gasteiger partial charge in [0.1, 0.15) is 0 Å². The van der Waals surface area contributed by atoms with Gasteiger partial charge in [0.2, 0.25) is 0 Å². The van der Waals surface area contributed by atoms with Gasteiger partial charge in [0.05, 0.1) is 116 Å². The van der Waals surface area contributed by atoms with E-state index in [4.69, 9.17) is 54.3 Å². The molecule has 0 saturated carbocycles. The molecule has 0 bridgehead atoms. The fraction of sp³-hybridized carbons (Fsp3) is 0.538. The Morgan fingerprint density at radius 3 is 0.528 bits per heavy atom. The maximum absolute atomic E-state index is 13.7. The van der Waals surface area contributed by atoms with Crippen LogP contribution in [0.25, 0.3) is 66.8 Å². The van der Waals surface area contributed by atoms with Gasteiger partial charge >= 0.3 is 45.6 Å². The van der Waals surface area contributed by atoms with E-state index in [-0.39, 0.29) is 16.2 Å². The van der Waals surface area contributed by atoms with Crippen molar-refractivity contribution in [3.8, 4) is 66.8 Å². The summed E-state index contributed by atoms with van der Waals surface area (Å²) in [5.41, 5.74) is 24.8. The van der Waals surface area contributed by atoms with Crippen LogP contribution in [0.15, 0.2) is 200 Å². The molecule has 19 nitrogen and oxygen atoms in total. The van der Waals surface area contributed by atoms with Gasteiger partial charge in [-0.25, -0.2) is 0 Å². The summed E-state index contributed by atoms with van der Waals surface area (Å²) in [5.74, 6) is 0. The van der Waals surface area contributed by atoms with Crippen molar-refractivity contribution < 1.29 is 81.7 Å². The van der Waals surface area contributed by atoms with E-state index in [0.29, 0.717) is 116 Å². The van der Waals surface area contributed by atoms with Gasteiger partial charge in [-0.05, 0) is 315 Å². The van der Waals surface area contributed by atoms with Crippen molar-refractivity contribution in [3.63, 3.8) is 0 Å². The van der Waals surface area contributed by atoms with E-state index in [1.165, 1.54) is 66.8 Å². The standard InChI is InChI=1S/C117H165NO18P6/c1-13-125-137(119,126-14-2)85-49-31-25-43-79-115(80-44-26-32-50-86-138(120,127-15-3)128-16-4)109-58-40-37-55-103(109)106-76-67-97(91-112(106)115)94-61-70-100(71-62-94)118(101-72-63-95(64-73-101)98-68-77-107-104-56-38-41-59-110(104)116(113(107)92-98,81-45-27-33-51-87-139(121,129-17-5)130-18-6)82-46-28-34-52-88-140(122,131-19-7)132-20-8)102-74-65-96(66-75-102)99-69-78-108-105-57-39-42-60-111(105)117(114(108)93-99,83-47-29-35-53-89-141(123,133-21-9)134-22-10)84-48-30-36-54-90-142(124,135-23-11)136-24-12/h37-42,55-78,91-93H,13-36,43-54,79-90H2,1-12H3. The third kappa shape index (κ3) is 29.7. The molecule has 3 aliphatic carbocycles. The van der Waals surface area contributed by atoms with E-state index in [9.17, 15) is 27.4 Å². The molecule has 0 spiro atoms. The van der Waals surface area contributed by atoms with Crippen LogP contribution in [0.4, 0.5) is 17.1 Å². The fourth-order valence-electron chi connectivity index (χ4n) is 22.6. The molecule has 0 amide bonds. The Hall–Kier alpha value is -6.32. The van der Waals surface area contributed by atoms with Crippen LogP contribution in [-0.2, 0) is 97.9 Å². The zero-order valence-electron chi connectivity index (χ0n) is 87.5. The molecule has 25 heteroatoms. The topological polar surface area (TPSA) is 216 Å². The maximum atomic E-state index is 13.7. The molecule has 3 aliphatic rings. The van der Waals surface area contributed by atoms with E-state index >= 15 is 0 Å². The molecule has 776 valence electrons. The average Bonchev–Trinajstić information content (AvgIpc) is 1.57. The van der Waals surface area contributed by atoms with E-state index < -0.39 is 45.6 Å². The first-order chi connectivity index (χ1) is 69.0. The summed E-state index contributed by atoms with van der Waals surface area (Å²) in [6.45, 7) is 26.6. The average molecular weight is 2060 g/mol. The summed E-state index contributed by atoms with van der Waals surface area (Å²) >= 11 is 0. The molecule has 0 heterocycles. The zero-order chi connectivity index (χ0) is 101. The first-order valence-electron chi connectivity index (χ1n) is 54.1. The summed E-state index contributed by atoms with van der Waals surface area (Å²) in [4.78, 5) is 2.40. The summed E-state index contributed by atoms with van der Waals surface area (Å²) in [6.07, 6.45) is 30.0. The molecule has 9 aromatic carbocycles. The minimum atomic E-state index is -3.17. The van der Waals surface area contributed by atoms with Crippen molar-refractivity contribution in [2.75, 3.05) is 121 Å². The van der Waals surface area contributed by atoms with Crippen LogP contribution in [0.2, 0.25) is 0 Å². The minimum absolute atomic E-state index is 0.277. The predicted octanol–water partition coefficient (Wildman–Crippen LogP) is 36.3. The van der Waals surface area contributed by atoms with Crippen molar-refractivity contribution in [2.45, 2.75) is 292 Å². The molecule has 0 radical (unpaired) electrons.